The van der Waals surface area contributed by atoms with Crippen LogP contribution in [-0.4, -0.2) is 53.4 Å². The summed E-state index contributed by atoms with van der Waals surface area (Å²) in [6, 6.07) is 14.7. The molecular weight excluding hydrogens is 380 g/mol. The second kappa shape index (κ2) is 9.63. The zero-order chi connectivity index (χ0) is 20.8. The number of benzene rings is 2. The van der Waals surface area contributed by atoms with E-state index in [1.165, 1.54) is 5.56 Å². The van der Waals surface area contributed by atoms with Crippen LogP contribution in [0.2, 0.25) is 0 Å². The first-order chi connectivity index (χ1) is 14.7. The molecule has 158 valence electrons. The summed E-state index contributed by atoms with van der Waals surface area (Å²) in [4.78, 5) is 14.0. The number of piperidine rings is 1. The van der Waals surface area contributed by atoms with Gasteiger partial charge in [-0.3, -0.25) is 10.00 Å². The fourth-order valence-electron chi connectivity index (χ4n) is 3.92. The van der Waals surface area contributed by atoms with Crippen LogP contribution < -0.4 is 10.1 Å². The number of carbonyl (C=O) groups excluding carboxylic acids is 1. The molecule has 1 aliphatic rings. The number of likely N-dealkylation sites (tertiary alicyclic amines) is 1. The van der Waals surface area contributed by atoms with E-state index in [0.717, 1.165) is 49.1 Å². The molecule has 4 rings (SSSR count). The van der Waals surface area contributed by atoms with Crippen molar-refractivity contribution < 1.29 is 14.3 Å². The van der Waals surface area contributed by atoms with E-state index < -0.39 is 0 Å². The first kappa shape index (κ1) is 20.2. The van der Waals surface area contributed by atoms with Gasteiger partial charge in [-0.2, -0.15) is 5.10 Å². The lowest BCUT2D eigenvalue weighted by molar-refractivity contribution is -0.145. The minimum Gasteiger partial charge on any atom is -0.482 e. The third kappa shape index (κ3) is 5.30. The predicted molar refractivity (Wildman–Crippen MR) is 117 cm³/mol. The number of aromatic amines is 1. The van der Waals surface area contributed by atoms with E-state index in [1.54, 1.807) is 6.92 Å². The van der Waals surface area contributed by atoms with Crippen molar-refractivity contribution in [3.8, 4) is 5.75 Å². The van der Waals surface area contributed by atoms with Crippen molar-refractivity contribution in [3.63, 3.8) is 0 Å². The molecule has 1 atom stereocenters. The molecule has 1 aliphatic heterocycles. The van der Waals surface area contributed by atoms with Gasteiger partial charge in [0, 0.05) is 30.2 Å². The fourth-order valence-corrected chi connectivity index (χ4v) is 3.92. The zero-order valence-electron chi connectivity index (χ0n) is 17.3. The number of rotatable bonds is 8. The Balaban J connectivity index is 1.32. The molecule has 0 aliphatic carbocycles. The summed E-state index contributed by atoms with van der Waals surface area (Å²) in [6.45, 7) is 5.01. The lowest BCUT2D eigenvalue weighted by atomic mass is 10.0. The lowest BCUT2D eigenvalue weighted by Gasteiger charge is -2.33. The summed E-state index contributed by atoms with van der Waals surface area (Å²) < 4.78 is 10.5. The molecular formula is C23H28N4O3. The molecule has 2 aromatic carbocycles. The van der Waals surface area contributed by atoms with E-state index in [-0.39, 0.29) is 12.6 Å². The van der Waals surface area contributed by atoms with Crippen LogP contribution in [0.15, 0.2) is 48.7 Å². The van der Waals surface area contributed by atoms with Gasteiger partial charge in [-0.25, -0.2) is 4.79 Å². The van der Waals surface area contributed by atoms with E-state index in [2.05, 4.69) is 44.7 Å². The molecule has 0 bridgehead atoms. The van der Waals surface area contributed by atoms with Crippen molar-refractivity contribution >= 4 is 22.6 Å². The van der Waals surface area contributed by atoms with Crippen molar-refractivity contribution in [2.24, 2.45) is 0 Å². The van der Waals surface area contributed by atoms with Crippen LogP contribution in [0, 0.1) is 0 Å². The summed E-state index contributed by atoms with van der Waals surface area (Å²) in [5, 5.41) is 11.9. The smallest absolute Gasteiger partial charge is 0.344 e. The molecule has 0 amide bonds. The second-order valence-electron chi connectivity index (χ2n) is 7.63. The average Bonchev–Trinajstić information content (AvgIpc) is 3.21. The van der Waals surface area contributed by atoms with Crippen LogP contribution in [-0.2, 0) is 16.1 Å². The molecule has 0 radical (unpaired) electrons. The number of esters is 1. The third-order valence-corrected chi connectivity index (χ3v) is 5.28. The number of hydrogen-bond donors (Lipinski definition) is 2. The zero-order valence-corrected chi connectivity index (χ0v) is 17.3. The highest BCUT2D eigenvalue weighted by atomic mass is 16.6. The summed E-state index contributed by atoms with van der Waals surface area (Å²) >= 11 is 0. The summed E-state index contributed by atoms with van der Waals surface area (Å²) in [7, 11) is 0. The average molecular weight is 409 g/mol. The van der Waals surface area contributed by atoms with Crippen molar-refractivity contribution in [3.05, 3.63) is 54.2 Å². The monoisotopic (exact) mass is 408 g/mol. The van der Waals surface area contributed by atoms with Gasteiger partial charge in [0.2, 0.25) is 0 Å². The second-order valence-corrected chi connectivity index (χ2v) is 7.63. The van der Waals surface area contributed by atoms with Crippen molar-refractivity contribution in [1.82, 2.24) is 15.1 Å². The summed E-state index contributed by atoms with van der Waals surface area (Å²) in [5.41, 5.74) is 3.36. The molecule has 0 saturated carbocycles. The van der Waals surface area contributed by atoms with Gasteiger partial charge in [0.1, 0.15) is 5.75 Å². The van der Waals surface area contributed by atoms with Gasteiger partial charge in [-0.15, -0.1) is 0 Å². The molecule has 2 heterocycles. The quantitative estimate of drug-likeness (QED) is 0.555. The predicted octanol–water partition coefficient (Wildman–Crippen LogP) is 3.58. The maximum Gasteiger partial charge on any atom is 0.344 e. The SMILES string of the molecule is CCOC(=O)COc1cccc(CN2CCC[C@H](Nc3ccc4[nH]ncc4c3)C2)c1. The molecule has 0 spiro atoms. The minimum absolute atomic E-state index is 0.0615. The van der Waals surface area contributed by atoms with E-state index in [4.69, 9.17) is 9.47 Å². The Hall–Kier alpha value is -3.06. The Kier molecular flexibility index (Phi) is 6.49. The van der Waals surface area contributed by atoms with Crippen molar-refractivity contribution in [1.29, 1.82) is 0 Å². The standard InChI is InChI=1S/C23H28N4O3/c1-2-29-23(28)16-30-21-7-3-5-17(11-21)14-27-10-4-6-20(15-27)25-19-8-9-22-18(12-19)13-24-26-22/h3,5,7-9,11-13,20,25H,2,4,6,10,14-16H2,1H3,(H,24,26)/t20-/m0/s1. The fraction of sp³-hybridized carbons (Fsp3) is 0.391. The van der Waals surface area contributed by atoms with Crippen LogP contribution in [0.4, 0.5) is 5.69 Å². The van der Waals surface area contributed by atoms with Gasteiger partial charge in [0.05, 0.1) is 18.3 Å². The van der Waals surface area contributed by atoms with Crippen LogP contribution in [0.25, 0.3) is 10.9 Å². The highest BCUT2D eigenvalue weighted by Crippen LogP contribution is 2.22. The highest BCUT2D eigenvalue weighted by molar-refractivity contribution is 5.81. The molecule has 1 fully saturated rings. The largest absolute Gasteiger partial charge is 0.482 e. The topological polar surface area (TPSA) is 79.5 Å². The van der Waals surface area contributed by atoms with Crippen molar-refractivity contribution in [2.45, 2.75) is 32.4 Å². The van der Waals surface area contributed by atoms with Gasteiger partial charge < -0.3 is 14.8 Å². The first-order valence-electron chi connectivity index (χ1n) is 10.5. The van der Waals surface area contributed by atoms with E-state index in [1.807, 2.05) is 24.4 Å². The van der Waals surface area contributed by atoms with Crippen LogP contribution >= 0.6 is 0 Å². The molecule has 0 unspecified atom stereocenters. The van der Waals surface area contributed by atoms with Crippen LogP contribution in [0.3, 0.4) is 0 Å². The number of ether oxygens (including phenoxy) is 2. The number of anilines is 1. The molecule has 3 aromatic rings. The summed E-state index contributed by atoms with van der Waals surface area (Å²) in [5.74, 6) is 0.349. The number of hydrogen-bond acceptors (Lipinski definition) is 6. The normalized spacial score (nSPS) is 17.0. The van der Waals surface area contributed by atoms with Crippen LogP contribution in [0.1, 0.15) is 25.3 Å². The molecule has 1 aromatic heterocycles. The number of H-pyrrole nitrogens is 1. The first-order valence-corrected chi connectivity index (χ1v) is 10.5. The van der Waals surface area contributed by atoms with Gasteiger partial charge in [-0.05, 0) is 62.2 Å². The van der Waals surface area contributed by atoms with Gasteiger partial charge in [0.25, 0.3) is 0 Å². The Morgan fingerprint density at radius 3 is 3.13 bits per heavy atom. The van der Waals surface area contributed by atoms with Gasteiger partial charge >= 0.3 is 5.97 Å². The number of fused-ring (bicyclic) bond motifs is 1. The summed E-state index contributed by atoms with van der Waals surface area (Å²) in [6.07, 6.45) is 4.16. The minimum atomic E-state index is -0.346. The Morgan fingerprint density at radius 2 is 2.23 bits per heavy atom. The van der Waals surface area contributed by atoms with Gasteiger partial charge in [0.15, 0.2) is 6.61 Å². The number of nitrogens with zero attached hydrogens (tertiary/aromatic N) is 2. The number of aromatic nitrogens is 2. The molecule has 7 nitrogen and oxygen atoms in total. The number of carbonyl (C=O) groups is 1. The lowest BCUT2D eigenvalue weighted by Crippen LogP contribution is -2.41. The maximum absolute atomic E-state index is 11.5. The molecule has 7 heteroatoms. The van der Waals surface area contributed by atoms with Crippen LogP contribution in [0.5, 0.6) is 5.75 Å². The Bertz CT molecular complexity index is 987. The van der Waals surface area contributed by atoms with Gasteiger partial charge in [-0.1, -0.05) is 12.1 Å². The van der Waals surface area contributed by atoms with Crippen molar-refractivity contribution in [2.75, 3.05) is 31.6 Å². The third-order valence-electron chi connectivity index (χ3n) is 5.28. The molecule has 1 saturated heterocycles. The molecule has 30 heavy (non-hydrogen) atoms. The highest BCUT2D eigenvalue weighted by Gasteiger charge is 2.20. The van der Waals surface area contributed by atoms with E-state index in [0.29, 0.717) is 18.4 Å². The van der Waals surface area contributed by atoms with E-state index in [9.17, 15) is 4.79 Å². The Morgan fingerprint density at radius 1 is 1.30 bits per heavy atom. The number of nitrogens with one attached hydrogen (secondary N) is 2. The van der Waals surface area contributed by atoms with E-state index >= 15 is 0 Å². The molecule has 2 N–H and O–H groups in total. The Labute approximate surface area is 176 Å². The maximum atomic E-state index is 11.5.